The number of nitrogens with zero attached hydrogens (tertiary/aromatic N) is 1. The molecule has 1 aliphatic rings. The van der Waals surface area contributed by atoms with E-state index in [-0.39, 0.29) is 18.0 Å². The molecule has 3 N–H and O–H groups in total. The summed E-state index contributed by atoms with van der Waals surface area (Å²) < 4.78 is 33.1. The van der Waals surface area contributed by atoms with Crippen molar-refractivity contribution in [2.24, 2.45) is 0 Å². The summed E-state index contributed by atoms with van der Waals surface area (Å²) in [5.41, 5.74) is -1.60. The number of aromatic nitrogens is 1. The van der Waals surface area contributed by atoms with Gasteiger partial charge in [0.2, 0.25) is 5.54 Å². The van der Waals surface area contributed by atoms with E-state index >= 15 is 0 Å². The van der Waals surface area contributed by atoms with E-state index < -0.39 is 29.1 Å². The van der Waals surface area contributed by atoms with Crippen LogP contribution in [0, 0.1) is 23.5 Å². The van der Waals surface area contributed by atoms with Crippen LogP contribution in [-0.4, -0.2) is 34.3 Å². The molecule has 1 aliphatic heterocycles. The van der Waals surface area contributed by atoms with Crippen LogP contribution >= 0.6 is 0 Å². The van der Waals surface area contributed by atoms with Crippen LogP contribution in [0.15, 0.2) is 42.6 Å². The van der Waals surface area contributed by atoms with Crippen LogP contribution in [-0.2, 0) is 11.3 Å². The van der Waals surface area contributed by atoms with Gasteiger partial charge in [-0.15, -0.1) is 0 Å². The molecule has 0 spiro atoms. The molecule has 1 aromatic heterocycles. The van der Waals surface area contributed by atoms with Crippen molar-refractivity contribution in [1.29, 1.82) is 0 Å². The van der Waals surface area contributed by atoms with Crippen molar-refractivity contribution < 1.29 is 28.2 Å². The quantitative estimate of drug-likeness (QED) is 0.455. The van der Waals surface area contributed by atoms with Crippen LogP contribution < -0.4 is 15.4 Å². The average molecular weight is 411 g/mol. The van der Waals surface area contributed by atoms with Crippen LogP contribution in [0.2, 0.25) is 0 Å². The minimum Gasteiger partial charge on any atom is -0.497 e. The van der Waals surface area contributed by atoms with Gasteiger partial charge in [0.1, 0.15) is 5.75 Å². The molecule has 1 fully saturated rings. The number of rotatable bonds is 3. The fraction of sp³-hybridized carbons (Fsp3) is 0.143. The summed E-state index contributed by atoms with van der Waals surface area (Å²) in [6.45, 7) is -0.218. The lowest BCUT2D eigenvalue weighted by Gasteiger charge is -2.20. The SMILES string of the molecule is COc1ccc2cn(C[C@@]3(C#Cc4ccc(F)c(F)c4)NC(=O)NC3=O)c(O)c2c1. The Hall–Kier alpha value is -4.06. The molecular formula is C21H15F2N3O4. The Kier molecular flexibility index (Phi) is 4.54. The second-order valence-corrected chi connectivity index (χ2v) is 6.73. The molecule has 2 aromatic carbocycles. The maximum Gasteiger partial charge on any atom is 0.323 e. The minimum atomic E-state index is -1.72. The highest BCUT2D eigenvalue weighted by molar-refractivity contribution is 6.09. The third-order valence-electron chi connectivity index (χ3n) is 4.76. The van der Waals surface area contributed by atoms with Gasteiger partial charge in [0.05, 0.1) is 13.7 Å². The fourth-order valence-electron chi connectivity index (χ4n) is 3.21. The average Bonchev–Trinajstić information content (AvgIpc) is 3.18. The molecule has 0 unspecified atom stereocenters. The maximum absolute atomic E-state index is 13.5. The first-order valence-corrected chi connectivity index (χ1v) is 8.79. The van der Waals surface area contributed by atoms with E-state index in [1.54, 1.807) is 24.4 Å². The van der Waals surface area contributed by atoms with Crippen molar-refractivity contribution in [3.63, 3.8) is 0 Å². The second kappa shape index (κ2) is 7.08. The summed E-state index contributed by atoms with van der Waals surface area (Å²) >= 11 is 0. The largest absolute Gasteiger partial charge is 0.497 e. The summed E-state index contributed by atoms with van der Waals surface area (Å²) in [7, 11) is 1.50. The molecule has 0 saturated carbocycles. The first kappa shape index (κ1) is 19.3. The van der Waals surface area contributed by atoms with Gasteiger partial charge in [-0.25, -0.2) is 13.6 Å². The van der Waals surface area contributed by atoms with Crippen molar-refractivity contribution in [3.05, 3.63) is 59.8 Å². The highest BCUT2D eigenvalue weighted by atomic mass is 19.2. The lowest BCUT2D eigenvalue weighted by molar-refractivity contribution is -0.122. The van der Waals surface area contributed by atoms with Gasteiger partial charge in [-0.1, -0.05) is 11.8 Å². The Labute approximate surface area is 169 Å². The monoisotopic (exact) mass is 411 g/mol. The van der Waals surface area contributed by atoms with Crippen molar-refractivity contribution in [1.82, 2.24) is 15.2 Å². The van der Waals surface area contributed by atoms with E-state index in [9.17, 15) is 23.5 Å². The predicted molar refractivity (Wildman–Crippen MR) is 103 cm³/mol. The van der Waals surface area contributed by atoms with Gasteiger partial charge in [0.15, 0.2) is 17.5 Å². The normalized spacial score (nSPS) is 18.0. The fourth-order valence-corrected chi connectivity index (χ4v) is 3.21. The number of carbonyl (C=O) groups is 2. The third-order valence-corrected chi connectivity index (χ3v) is 4.76. The Morgan fingerprint density at radius 3 is 2.63 bits per heavy atom. The molecule has 4 rings (SSSR count). The van der Waals surface area contributed by atoms with Crippen molar-refractivity contribution in [3.8, 4) is 23.5 Å². The Bertz CT molecular complexity index is 1260. The van der Waals surface area contributed by atoms with Gasteiger partial charge in [0.25, 0.3) is 5.91 Å². The van der Waals surface area contributed by atoms with Crippen molar-refractivity contribution >= 4 is 22.7 Å². The van der Waals surface area contributed by atoms with Gasteiger partial charge in [-0.05, 0) is 36.4 Å². The first-order valence-electron chi connectivity index (χ1n) is 8.79. The lowest BCUT2D eigenvalue weighted by Crippen LogP contribution is -2.49. The predicted octanol–water partition coefficient (Wildman–Crippen LogP) is 2.26. The number of urea groups is 1. The van der Waals surface area contributed by atoms with Gasteiger partial charge in [-0.3, -0.25) is 10.1 Å². The molecule has 7 nitrogen and oxygen atoms in total. The van der Waals surface area contributed by atoms with E-state index in [0.717, 1.165) is 12.1 Å². The van der Waals surface area contributed by atoms with Gasteiger partial charge in [0, 0.05) is 22.5 Å². The van der Waals surface area contributed by atoms with E-state index in [1.165, 1.54) is 17.7 Å². The number of halogens is 2. The molecule has 1 saturated heterocycles. The van der Waals surface area contributed by atoms with E-state index in [4.69, 9.17) is 4.74 Å². The van der Waals surface area contributed by atoms with E-state index in [2.05, 4.69) is 22.5 Å². The van der Waals surface area contributed by atoms with E-state index in [1.807, 2.05) is 0 Å². The molecule has 3 aromatic rings. The number of fused-ring (bicyclic) bond motifs is 1. The molecule has 2 heterocycles. The second-order valence-electron chi connectivity index (χ2n) is 6.73. The van der Waals surface area contributed by atoms with Crippen molar-refractivity contribution in [2.75, 3.05) is 7.11 Å². The Morgan fingerprint density at radius 1 is 1.17 bits per heavy atom. The zero-order chi connectivity index (χ0) is 21.5. The number of nitrogens with one attached hydrogen (secondary N) is 2. The van der Waals surface area contributed by atoms with Crippen LogP contribution in [0.3, 0.4) is 0 Å². The molecule has 0 radical (unpaired) electrons. The number of methoxy groups -OCH3 is 1. The maximum atomic E-state index is 13.5. The zero-order valence-corrected chi connectivity index (χ0v) is 15.6. The summed E-state index contributed by atoms with van der Waals surface area (Å²) in [4.78, 5) is 24.3. The summed E-state index contributed by atoms with van der Waals surface area (Å²) in [5, 5.41) is 16.4. The first-order chi connectivity index (χ1) is 14.3. The number of amides is 3. The molecule has 0 aliphatic carbocycles. The molecule has 0 bridgehead atoms. The number of ether oxygens (including phenoxy) is 1. The van der Waals surface area contributed by atoms with Gasteiger partial charge >= 0.3 is 6.03 Å². The standard InChI is InChI=1S/C21H15F2N3O4/c1-30-14-4-3-13-10-26(18(27)15(13)9-14)11-21(19(28)24-20(29)25-21)7-6-12-2-5-16(22)17(23)8-12/h2-5,8-10,27H,11H2,1H3,(H2,24,25,28,29)/t21-/m1/s1. The zero-order valence-electron chi connectivity index (χ0n) is 15.6. The minimum absolute atomic E-state index is 0.119. The number of carbonyl (C=O) groups excluding carboxylic acids is 2. The lowest BCUT2D eigenvalue weighted by atomic mass is 10.00. The van der Waals surface area contributed by atoms with Crippen LogP contribution in [0.1, 0.15) is 5.56 Å². The molecule has 30 heavy (non-hydrogen) atoms. The highest BCUT2D eigenvalue weighted by Crippen LogP contribution is 2.32. The van der Waals surface area contributed by atoms with Crippen molar-refractivity contribution in [2.45, 2.75) is 12.1 Å². The Balaban J connectivity index is 1.76. The van der Waals surface area contributed by atoms with Crippen LogP contribution in [0.25, 0.3) is 10.8 Å². The highest BCUT2D eigenvalue weighted by Gasteiger charge is 2.46. The molecule has 9 heteroatoms. The number of hydrogen-bond acceptors (Lipinski definition) is 4. The molecule has 1 atom stereocenters. The summed E-state index contributed by atoms with van der Waals surface area (Å²) in [5.74, 6) is 2.79. The number of hydrogen-bond donors (Lipinski definition) is 3. The topological polar surface area (TPSA) is 92.6 Å². The molecule has 3 amide bonds. The number of benzene rings is 2. The smallest absolute Gasteiger partial charge is 0.323 e. The number of imide groups is 1. The summed E-state index contributed by atoms with van der Waals surface area (Å²) in [6.07, 6.45) is 1.60. The van der Waals surface area contributed by atoms with E-state index in [0.29, 0.717) is 16.5 Å². The Morgan fingerprint density at radius 2 is 1.97 bits per heavy atom. The van der Waals surface area contributed by atoms with Crippen LogP contribution in [0.5, 0.6) is 11.6 Å². The van der Waals surface area contributed by atoms with Gasteiger partial charge < -0.3 is 19.7 Å². The molecular weight excluding hydrogens is 396 g/mol. The third kappa shape index (κ3) is 3.28. The summed E-state index contributed by atoms with van der Waals surface area (Å²) in [6, 6.07) is 7.38. The van der Waals surface area contributed by atoms with Crippen LogP contribution in [0.4, 0.5) is 13.6 Å². The number of aromatic hydroxyl groups is 1. The molecule has 152 valence electrons. The van der Waals surface area contributed by atoms with Gasteiger partial charge in [-0.2, -0.15) is 0 Å².